The lowest BCUT2D eigenvalue weighted by molar-refractivity contribution is -0.140. The minimum atomic E-state index is -4.17. The summed E-state index contributed by atoms with van der Waals surface area (Å²) in [6.07, 6.45) is 0.955. The third-order valence-electron chi connectivity index (χ3n) is 8.00. The van der Waals surface area contributed by atoms with Gasteiger partial charge in [0.25, 0.3) is 10.0 Å². The molecule has 4 rings (SSSR count). The first-order valence-corrected chi connectivity index (χ1v) is 16.9. The number of nitrogens with zero attached hydrogens (tertiary/aromatic N) is 2. The van der Waals surface area contributed by atoms with Gasteiger partial charge < -0.3 is 15.0 Å². The van der Waals surface area contributed by atoms with Gasteiger partial charge in [0.05, 0.1) is 17.7 Å². The number of nitrogens with one attached hydrogen (secondary N) is 1. The first-order valence-electron chi connectivity index (χ1n) is 15.4. The molecule has 46 heavy (non-hydrogen) atoms. The van der Waals surface area contributed by atoms with E-state index in [-0.39, 0.29) is 29.8 Å². The van der Waals surface area contributed by atoms with E-state index in [4.69, 9.17) is 4.74 Å². The van der Waals surface area contributed by atoms with Gasteiger partial charge in [0, 0.05) is 19.0 Å². The topological polar surface area (TPSA) is 96.0 Å². The zero-order valence-corrected chi connectivity index (χ0v) is 28.0. The van der Waals surface area contributed by atoms with Crippen LogP contribution >= 0.6 is 0 Å². The van der Waals surface area contributed by atoms with Crippen LogP contribution in [0.3, 0.4) is 0 Å². The normalized spacial score (nSPS) is 12.5. The molecule has 4 aromatic rings. The summed E-state index contributed by atoms with van der Waals surface area (Å²) in [6, 6.07) is 29.4. The van der Waals surface area contributed by atoms with Crippen molar-refractivity contribution in [1.29, 1.82) is 0 Å². The molecule has 0 aliphatic rings. The summed E-state index contributed by atoms with van der Waals surface area (Å²) in [5.41, 5.74) is 3.57. The Balaban J connectivity index is 1.84. The van der Waals surface area contributed by atoms with E-state index >= 15 is 0 Å². The molecule has 0 radical (unpaired) electrons. The largest absolute Gasteiger partial charge is 0.497 e. The molecule has 0 aliphatic heterocycles. The predicted molar refractivity (Wildman–Crippen MR) is 182 cm³/mol. The van der Waals surface area contributed by atoms with Crippen LogP contribution in [0.2, 0.25) is 0 Å². The van der Waals surface area contributed by atoms with Gasteiger partial charge in [-0.2, -0.15) is 0 Å². The van der Waals surface area contributed by atoms with E-state index in [0.717, 1.165) is 21.0 Å². The molecule has 2 atom stereocenters. The fraction of sp³-hybridized carbons (Fsp3) is 0.297. The molecule has 1 N–H and O–H groups in total. The zero-order chi connectivity index (χ0) is 33.3. The van der Waals surface area contributed by atoms with Gasteiger partial charge in [0.15, 0.2) is 0 Å². The van der Waals surface area contributed by atoms with Crippen LogP contribution in [-0.2, 0) is 32.6 Å². The molecule has 2 amide bonds. The van der Waals surface area contributed by atoms with Gasteiger partial charge in [-0.1, -0.05) is 79.7 Å². The van der Waals surface area contributed by atoms with E-state index in [0.29, 0.717) is 23.4 Å². The fourth-order valence-corrected chi connectivity index (χ4v) is 6.68. The molecule has 0 fully saturated rings. The zero-order valence-electron chi connectivity index (χ0n) is 27.1. The standard InChI is InChI=1S/C37H43N3O5S/c1-6-29(4)38-37(42)35(24-30-14-9-7-10-15-30)39(25-31-16-13-17-32(23-31)45-5)36(41)26-40(34-22-27(2)20-21-28(34)3)46(43,44)33-18-11-8-12-19-33/h7-23,29,35H,6,24-26H2,1-5H3,(H,38,42)/t29-,35-/m0/s1. The second-order valence-corrected chi connectivity index (χ2v) is 13.4. The molecule has 4 aromatic carbocycles. The minimum absolute atomic E-state index is 0.0630. The van der Waals surface area contributed by atoms with Crippen LogP contribution in [0, 0.1) is 13.8 Å². The van der Waals surface area contributed by atoms with Crippen LogP contribution in [0.15, 0.2) is 108 Å². The maximum atomic E-state index is 14.7. The Hall–Kier alpha value is -4.63. The summed E-state index contributed by atoms with van der Waals surface area (Å²) in [6.45, 7) is 7.15. The molecule has 242 valence electrons. The second kappa shape index (κ2) is 15.6. The van der Waals surface area contributed by atoms with Gasteiger partial charge >= 0.3 is 0 Å². The number of carbonyl (C=O) groups is 2. The predicted octanol–water partition coefficient (Wildman–Crippen LogP) is 6.06. The lowest BCUT2D eigenvalue weighted by atomic mass is 10.0. The van der Waals surface area contributed by atoms with Crippen molar-refractivity contribution in [1.82, 2.24) is 10.2 Å². The maximum absolute atomic E-state index is 14.7. The summed E-state index contributed by atoms with van der Waals surface area (Å²) >= 11 is 0. The summed E-state index contributed by atoms with van der Waals surface area (Å²) < 4.78 is 35.1. The first-order chi connectivity index (χ1) is 22.0. The molecular formula is C37H43N3O5S. The molecule has 0 aromatic heterocycles. The molecule has 9 heteroatoms. The highest BCUT2D eigenvalue weighted by Gasteiger charge is 2.35. The Bertz CT molecular complexity index is 1730. The van der Waals surface area contributed by atoms with Crippen molar-refractivity contribution in [3.05, 3.63) is 125 Å². The van der Waals surface area contributed by atoms with Crippen LogP contribution in [0.1, 0.15) is 42.5 Å². The lowest BCUT2D eigenvalue weighted by Crippen LogP contribution is -2.54. The third kappa shape index (κ3) is 8.54. The third-order valence-corrected chi connectivity index (χ3v) is 9.78. The number of benzene rings is 4. The highest BCUT2D eigenvalue weighted by molar-refractivity contribution is 7.92. The van der Waals surface area contributed by atoms with E-state index in [2.05, 4.69) is 5.32 Å². The van der Waals surface area contributed by atoms with E-state index in [1.165, 1.54) is 17.0 Å². The van der Waals surface area contributed by atoms with Gasteiger partial charge in [-0.3, -0.25) is 13.9 Å². The van der Waals surface area contributed by atoms with Crippen LogP contribution < -0.4 is 14.4 Å². The summed E-state index contributed by atoms with van der Waals surface area (Å²) in [4.78, 5) is 30.2. The summed E-state index contributed by atoms with van der Waals surface area (Å²) in [7, 11) is -2.60. The van der Waals surface area contributed by atoms with Crippen LogP contribution in [0.25, 0.3) is 0 Å². The van der Waals surface area contributed by atoms with Crippen LogP contribution in [0.5, 0.6) is 5.75 Å². The van der Waals surface area contributed by atoms with Gasteiger partial charge in [-0.15, -0.1) is 0 Å². The molecule has 0 saturated carbocycles. The van der Waals surface area contributed by atoms with Crippen molar-refractivity contribution >= 4 is 27.5 Å². The molecular weight excluding hydrogens is 598 g/mol. The van der Waals surface area contributed by atoms with E-state index in [1.807, 2.05) is 88.4 Å². The number of anilines is 1. The first kappa shape index (κ1) is 34.2. The SMILES string of the molecule is CC[C@H](C)NC(=O)[C@H](Cc1ccccc1)N(Cc1cccc(OC)c1)C(=O)CN(c1cc(C)ccc1C)S(=O)(=O)c1ccccc1. The van der Waals surface area contributed by atoms with E-state index in [1.54, 1.807) is 37.4 Å². The van der Waals surface area contributed by atoms with Crippen molar-refractivity contribution < 1.29 is 22.7 Å². The van der Waals surface area contributed by atoms with Crippen molar-refractivity contribution in [2.45, 2.75) is 64.1 Å². The average molecular weight is 642 g/mol. The Morgan fingerprint density at radius 1 is 0.848 bits per heavy atom. The fourth-order valence-electron chi connectivity index (χ4n) is 5.18. The van der Waals surface area contributed by atoms with Crippen LogP contribution in [0.4, 0.5) is 5.69 Å². The Morgan fingerprint density at radius 3 is 2.15 bits per heavy atom. The number of sulfonamides is 1. The van der Waals surface area contributed by atoms with Crippen molar-refractivity contribution in [3.63, 3.8) is 0 Å². The average Bonchev–Trinajstić information content (AvgIpc) is 3.07. The maximum Gasteiger partial charge on any atom is 0.264 e. The van der Waals surface area contributed by atoms with E-state index < -0.39 is 28.5 Å². The number of hydrogen-bond acceptors (Lipinski definition) is 5. The van der Waals surface area contributed by atoms with Crippen LogP contribution in [-0.4, -0.2) is 50.9 Å². The van der Waals surface area contributed by atoms with E-state index in [9.17, 15) is 18.0 Å². The number of ether oxygens (including phenoxy) is 1. The molecule has 0 unspecified atom stereocenters. The van der Waals surface area contributed by atoms with Gasteiger partial charge in [0.1, 0.15) is 18.3 Å². The number of hydrogen-bond donors (Lipinski definition) is 1. The monoisotopic (exact) mass is 641 g/mol. The Morgan fingerprint density at radius 2 is 1.50 bits per heavy atom. The summed E-state index contributed by atoms with van der Waals surface area (Å²) in [5, 5.41) is 3.06. The quantitative estimate of drug-likeness (QED) is 0.181. The second-order valence-electron chi connectivity index (χ2n) is 11.5. The Labute approximate surface area is 273 Å². The highest BCUT2D eigenvalue weighted by Crippen LogP contribution is 2.29. The van der Waals surface area contributed by atoms with Crippen molar-refractivity contribution in [3.8, 4) is 5.75 Å². The Kier molecular flexibility index (Phi) is 11.6. The highest BCUT2D eigenvalue weighted by atomic mass is 32.2. The molecule has 0 bridgehead atoms. The number of carbonyl (C=O) groups excluding carboxylic acids is 2. The smallest absolute Gasteiger partial charge is 0.264 e. The molecule has 0 aliphatic carbocycles. The molecule has 8 nitrogen and oxygen atoms in total. The molecule has 0 spiro atoms. The molecule has 0 heterocycles. The number of methoxy groups -OCH3 is 1. The van der Waals surface area contributed by atoms with Gasteiger partial charge in [-0.25, -0.2) is 8.42 Å². The molecule has 0 saturated heterocycles. The number of aryl methyl sites for hydroxylation is 2. The number of rotatable bonds is 14. The summed E-state index contributed by atoms with van der Waals surface area (Å²) in [5.74, 6) is -0.209. The number of amides is 2. The van der Waals surface area contributed by atoms with Gasteiger partial charge in [0.2, 0.25) is 11.8 Å². The van der Waals surface area contributed by atoms with Crippen molar-refractivity contribution in [2.24, 2.45) is 0 Å². The lowest BCUT2D eigenvalue weighted by Gasteiger charge is -2.34. The minimum Gasteiger partial charge on any atom is -0.497 e. The van der Waals surface area contributed by atoms with Crippen molar-refractivity contribution in [2.75, 3.05) is 18.0 Å². The van der Waals surface area contributed by atoms with Gasteiger partial charge in [-0.05, 0) is 79.8 Å².